The van der Waals surface area contributed by atoms with Gasteiger partial charge in [0, 0.05) is 32.3 Å². The van der Waals surface area contributed by atoms with Crippen molar-refractivity contribution in [2.45, 2.75) is 32.6 Å². The number of amidine groups is 1. The van der Waals surface area contributed by atoms with Gasteiger partial charge in [-0.05, 0) is 40.2 Å². The molecule has 0 amide bonds. The lowest BCUT2D eigenvalue weighted by molar-refractivity contribution is 0.152. The van der Waals surface area contributed by atoms with Gasteiger partial charge in [0.05, 0.1) is 11.0 Å². The molecule has 2 aromatic rings. The van der Waals surface area contributed by atoms with Gasteiger partial charge in [-0.25, -0.2) is 4.98 Å². The van der Waals surface area contributed by atoms with Crippen molar-refractivity contribution in [2.75, 3.05) is 18.2 Å². The fraction of sp³-hybridized carbons (Fsp3) is 0.412. The largest absolute Gasteiger partial charge is 0.412 e. The zero-order valence-corrected chi connectivity index (χ0v) is 18.1. The molecule has 9 heteroatoms. The second kappa shape index (κ2) is 8.70. The number of halogens is 1. The third-order valence-corrected chi connectivity index (χ3v) is 5.62. The molecule has 0 aliphatic heterocycles. The van der Waals surface area contributed by atoms with Gasteiger partial charge in [-0.3, -0.25) is 20.7 Å². The van der Waals surface area contributed by atoms with E-state index in [1.165, 1.54) is 11.8 Å². The summed E-state index contributed by atoms with van der Waals surface area (Å²) in [4.78, 5) is 10.4. The third kappa shape index (κ3) is 6.15. The van der Waals surface area contributed by atoms with Crippen LogP contribution in [0.3, 0.4) is 0 Å². The second-order valence-corrected chi connectivity index (χ2v) is 13.6. The molecule has 7 nitrogen and oxygen atoms in total. The maximum atomic E-state index is 8.15. The van der Waals surface area contributed by atoms with E-state index in [9.17, 15) is 0 Å². The minimum atomic E-state index is -1.20. The van der Waals surface area contributed by atoms with Crippen LogP contribution in [0.25, 0.3) is 11.0 Å². The summed E-state index contributed by atoms with van der Waals surface area (Å²) in [6.07, 6.45) is 1.71. The predicted molar refractivity (Wildman–Crippen MR) is 111 cm³/mol. The van der Waals surface area contributed by atoms with Gasteiger partial charge in [0.2, 0.25) is 0 Å². The van der Waals surface area contributed by atoms with E-state index in [4.69, 9.17) is 20.3 Å². The molecule has 0 fully saturated rings. The highest BCUT2D eigenvalue weighted by Gasteiger charge is 2.18. The lowest BCUT2D eigenvalue weighted by atomic mass is 10.3. The average Bonchev–Trinajstić information content (AvgIpc) is 2.52. The molecule has 2 heterocycles. The van der Waals surface area contributed by atoms with Crippen LogP contribution in [0.1, 0.15) is 6.92 Å². The van der Waals surface area contributed by atoms with Crippen LogP contribution >= 0.6 is 15.9 Å². The minimum absolute atomic E-state index is 0.0627. The average molecular weight is 438 g/mol. The van der Waals surface area contributed by atoms with Crippen molar-refractivity contribution >= 4 is 52.8 Å². The summed E-state index contributed by atoms with van der Waals surface area (Å²) in [5.74, 6) is 0.448. The molecular formula is C17H24BrN5O2Si. The predicted octanol–water partition coefficient (Wildman–Crippen LogP) is 4.46. The van der Waals surface area contributed by atoms with Crippen molar-refractivity contribution in [3.05, 3.63) is 28.9 Å². The zero-order chi connectivity index (χ0) is 19.3. The molecule has 0 unspecified atom stereocenters. The van der Waals surface area contributed by atoms with Gasteiger partial charge in [0.25, 0.3) is 6.02 Å². The molecule has 0 bridgehead atoms. The molecule has 2 aromatic heterocycles. The van der Waals surface area contributed by atoms with Gasteiger partial charge in [0.15, 0.2) is 5.90 Å². The lowest BCUT2D eigenvalue weighted by Gasteiger charge is -2.24. The molecule has 0 saturated heterocycles. The van der Waals surface area contributed by atoms with Crippen LogP contribution in [0.15, 0.2) is 28.9 Å². The number of pyridine rings is 2. The van der Waals surface area contributed by atoms with Crippen LogP contribution in [0.5, 0.6) is 0 Å². The van der Waals surface area contributed by atoms with Crippen LogP contribution in [0, 0.1) is 10.8 Å². The fourth-order valence-electron chi connectivity index (χ4n) is 2.08. The molecule has 0 saturated carbocycles. The van der Waals surface area contributed by atoms with Crippen molar-refractivity contribution in [3.63, 3.8) is 0 Å². The summed E-state index contributed by atoms with van der Waals surface area (Å²) >= 11 is 3.39. The van der Waals surface area contributed by atoms with Crippen molar-refractivity contribution in [2.24, 2.45) is 0 Å². The number of aromatic nitrogens is 2. The summed E-state index contributed by atoms with van der Waals surface area (Å²) < 4.78 is 11.8. The molecule has 0 spiro atoms. The highest BCUT2D eigenvalue weighted by molar-refractivity contribution is 9.10. The molecule has 26 heavy (non-hydrogen) atoms. The summed E-state index contributed by atoms with van der Waals surface area (Å²) in [5.41, 5.74) is 1.45. The Balaban J connectivity index is 2.21. The number of nitrogens with one attached hydrogen (secondary N) is 2. The molecule has 140 valence electrons. The minimum Gasteiger partial charge on any atom is -0.412 e. The van der Waals surface area contributed by atoms with Crippen molar-refractivity contribution in [1.29, 1.82) is 10.8 Å². The molecule has 0 aromatic carbocycles. The Kier molecular flexibility index (Phi) is 6.85. The second-order valence-electron chi connectivity index (χ2n) is 7.10. The number of hydrogen-bond acceptors (Lipinski definition) is 6. The van der Waals surface area contributed by atoms with Gasteiger partial charge < -0.3 is 9.47 Å². The molecule has 0 atom stereocenters. The van der Waals surface area contributed by atoms with Gasteiger partial charge >= 0.3 is 0 Å². The Bertz CT molecular complexity index is 809. The van der Waals surface area contributed by atoms with Crippen LogP contribution in [0.2, 0.25) is 25.7 Å². The first-order valence-corrected chi connectivity index (χ1v) is 12.7. The molecule has 0 radical (unpaired) electrons. The highest BCUT2D eigenvalue weighted by Crippen LogP contribution is 2.20. The molecular weight excluding hydrogens is 414 g/mol. The van der Waals surface area contributed by atoms with E-state index in [1.807, 2.05) is 12.1 Å². The monoisotopic (exact) mass is 437 g/mol. The summed E-state index contributed by atoms with van der Waals surface area (Å²) in [6.45, 7) is 9.09. The first-order chi connectivity index (χ1) is 12.2. The Labute approximate surface area is 162 Å². The van der Waals surface area contributed by atoms with Gasteiger partial charge in [0.1, 0.15) is 12.5 Å². The standard InChI is InChI=1S/C17H24BrN5O2Si/c1-12(19)25-17(20)23(11-24-7-8-26(2,3)4)16-6-5-14-15(22-16)9-13(18)10-21-14/h5-6,9-10,19-20H,7-8,11H2,1-4H3. The topological polar surface area (TPSA) is 95.2 Å². The SMILES string of the molecule is CC(=N)OC(=N)N(COCC[Si](C)(C)C)c1ccc2ncc(Br)cc2n1. The van der Waals surface area contributed by atoms with E-state index in [0.29, 0.717) is 17.9 Å². The zero-order valence-electron chi connectivity index (χ0n) is 15.5. The number of hydrogen-bond donors (Lipinski definition) is 2. The smallest absolute Gasteiger partial charge is 0.298 e. The Morgan fingerprint density at radius 2 is 1.96 bits per heavy atom. The van der Waals surface area contributed by atoms with Crippen molar-refractivity contribution < 1.29 is 9.47 Å². The van der Waals surface area contributed by atoms with Crippen LogP contribution in [-0.2, 0) is 9.47 Å². The summed E-state index contributed by atoms with van der Waals surface area (Å²) in [5, 5.41) is 15.6. The van der Waals surface area contributed by atoms with E-state index < -0.39 is 8.07 Å². The first kappa shape index (κ1) is 20.5. The number of ether oxygens (including phenoxy) is 2. The molecule has 2 rings (SSSR count). The third-order valence-electron chi connectivity index (χ3n) is 3.48. The van der Waals surface area contributed by atoms with E-state index in [0.717, 1.165) is 16.0 Å². The Morgan fingerprint density at radius 3 is 2.62 bits per heavy atom. The van der Waals surface area contributed by atoms with Crippen molar-refractivity contribution in [1.82, 2.24) is 9.97 Å². The van der Waals surface area contributed by atoms with Gasteiger partial charge in [-0.1, -0.05) is 19.6 Å². The van der Waals surface area contributed by atoms with E-state index in [2.05, 4.69) is 45.5 Å². The van der Waals surface area contributed by atoms with E-state index >= 15 is 0 Å². The molecule has 0 aliphatic carbocycles. The fourth-order valence-corrected chi connectivity index (χ4v) is 3.16. The summed E-state index contributed by atoms with van der Waals surface area (Å²) in [6, 6.07) is 6.30. The van der Waals surface area contributed by atoms with E-state index in [1.54, 1.807) is 12.3 Å². The molecule has 2 N–H and O–H groups in total. The first-order valence-electron chi connectivity index (χ1n) is 8.25. The number of nitrogens with zero attached hydrogens (tertiary/aromatic N) is 3. The molecule has 0 aliphatic rings. The maximum absolute atomic E-state index is 8.15. The van der Waals surface area contributed by atoms with Crippen LogP contribution in [-0.4, -0.2) is 43.3 Å². The lowest BCUT2D eigenvalue weighted by Crippen LogP contribution is -2.36. The number of anilines is 1. The van der Waals surface area contributed by atoms with E-state index in [-0.39, 0.29) is 18.7 Å². The quantitative estimate of drug-likeness (QED) is 0.228. The van der Waals surface area contributed by atoms with Gasteiger partial charge in [-0.2, -0.15) is 0 Å². The normalized spacial score (nSPS) is 11.4. The van der Waals surface area contributed by atoms with Crippen LogP contribution in [0.4, 0.5) is 5.82 Å². The van der Waals surface area contributed by atoms with Crippen molar-refractivity contribution in [3.8, 4) is 0 Å². The number of fused-ring (bicyclic) bond motifs is 1. The maximum Gasteiger partial charge on any atom is 0.298 e. The van der Waals surface area contributed by atoms with Crippen LogP contribution < -0.4 is 4.90 Å². The van der Waals surface area contributed by atoms with Gasteiger partial charge in [-0.15, -0.1) is 0 Å². The highest BCUT2D eigenvalue weighted by atomic mass is 79.9. The Hall–Kier alpha value is -1.84. The summed E-state index contributed by atoms with van der Waals surface area (Å²) in [7, 11) is -1.20. The number of rotatable bonds is 6. The Morgan fingerprint density at radius 1 is 1.23 bits per heavy atom.